The monoisotopic (exact) mass is 273 g/mol. The van der Waals surface area contributed by atoms with E-state index in [0.29, 0.717) is 6.54 Å². The van der Waals surface area contributed by atoms with Crippen molar-refractivity contribution in [3.8, 4) is 0 Å². The lowest BCUT2D eigenvalue weighted by Crippen LogP contribution is -2.19. The highest BCUT2D eigenvalue weighted by Crippen LogP contribution is 2.21. The number of nitrogens with two attached hydrogens (primary N) is 1. The van der Waals surface area contributed by atoms with Crippen LogP contribution in [0.15, 0.2) is 48.8 Å². The Kier molecular flexibility index (Phi) is 3.20. The third-order valence-corrected chi connectivity index (χ3v) is 3.30. The zero-order chi connectivity index (χ0) is 14.1. The Morgan fingerprint density at radius 2 is 1.90 bits per heavy atom. The van der Waals surface area contributed by atoms with E-state index in [1.165, 1.54) is 12.1 Å². The minimum Gasteiger partial charge on any atom is -0.329 e. The predicted octanol–water partition coefficient (Wildman–Crippen LogP) is 3.01. The summed E-state index contributed by atoms with van der Waals surface area (Å²) in [4.78, 5) is 4.24. The van der Waals surface area contributed by atoms with Crippen molar-refractivity contribution in [2.75, 3.05) is 0 Å². The molecule has 0 aliphatic rings. The lowest BCUT2D eigenvalue weighted by atomic mass is 10.1. The van der Waals surface area contributed by atoms with Gasteiger partial charge in [0.05, 0.1) is 23.4 Å². The van der Waals surface area contributed by atoms with Crippen LogP contribution in [-0.2, 0) is 6.54 Å². The average Bonchev–Trinajstić information content (AvgIpc) is 2.85. The van der Waals surface area contributed by atoms with Gasteiger partial charge in [0.25, 0.3) is 0 Å². The standard InChI is InChI=1S/C15H13F2N3/c16-11-5-3-4-10(15(11)17)12(18)8-20-9-19-13-6-1-2-7-14(13)20/h1-7,9,12H,8,18H2. The molecule has 0 aliphatic carbocycles. The number of nitrogens with zero attached hydrogens (tertiary/aromatic N) is 2. The van der Waals surface area contributed by atoms with Gasteiger partial charge in [-0.1, -0.05) is 24.3 Å². The molecule has 2 aromatic carbocycles. The smallest absolute Gasteiger partial charge is 0.163 e. The van der Waals surface area contributed by atoms with Crippen molar-refractivity contribution in [3.63, 3.8) is 0 Å². The fourth-order valence-corrected chi connectivity index (χ4v) is 2.27. The number of fused-ring (bicyclic) bond motifs is 1. The number of rotatable bonds is 3. The molecule has 0 aliphatic heterocycles. The number of aromatic nitrogens is 2. The largest absolute Gasteiger partial charge is 0.329 e. The van der Waals surface area contributed by atoms with Crippen LogP contribution in [0.3, 0.4) is 0 Å². The van der Waals surface area contributed by atoms with Crippen molar-refractivity contribution in [1.82, 2.24) is 9.55 Å². The van der Waals surface area contributed by atoms with E-state index in [2.05, 4.69) is 4.98 Å². The molecule has 0 saturated carbocycles. The fraction of sp³-hybridized carbons (Fsp3) is 0.133. The molecule has 0 spiro atoms. The van der Waals surface area contributed by atoms with E-state index < -0.39 is 17.7 Å². The third kappa shape index (κ3) is 2.16. The van der Waals surface area contributed by atoms with Crippen LogP contribution in [0.1, 0.15) is 11.6 Å². The maximum atomic E-state index is 13.7. The van der Waals surface area contributed by atoms with Gasteiger partial charge < -0.3 is 10.3 Å². The molecular formula is C15H13F2N3. The molecule has 5 heteroatoms. The summed E-state index contributed by atoms with van der Waals surface area (Å²) >= 11 is 0. The first-order valence-electron chi connectivity index (χ1n) is 6.26. The lowest BCUT2D eigenvalue weighted by molar-refractivity contribution is 0.476. The zero-order valence-electron chi connectivity index (χ0n) is 10.6. The van der Waals surface area contributed by atoms with Crippen molar-refractivity contribution in [1.29, 1.82) is 0 Å². The molecule has 0 saturated heterocycles. The van der Waals surface area contributed by atoms with Crippen LogP contribution in [0.2, 0.25) is 0 Å². The first-order chi connectivity index (χ1) is 9.66. The molecule has 1 unspecified atom stereocenters. The summed E-state index contributed by atoms with van der Waals surface area (Å²) in [5.74, 6) is -1.77. The summed E-state index contributed by atoms with van der Waals surface area (Å²) in [6.07, 6.45) is 1.65. The Morgan fingerprint density at radius 3 is 2.75 bits per heavy atom. The minimum absolute atomic E-state index is 0.169. The van der Waals surface area contributed by atoms with E-state index in [1.54, 1.807) is 6.33 Å². The number of para-hydroxylation sites is 2. The third-order valence-electron chi connectivity index (χ3n) is 3.30. The number of hydrogen-bond donors (Lipinski definition) is 1. The Morgan fingerprint density at radius 1 is 1.10 bits per heavy atom. The van der Waals surface area contributed by atoms with Crippen LogP contribution in [0, 0.1) is 11.6 Å². The minimum atomic E-state index is -0.885. The molecule has 1 heterocycles. The van der Waals surface area contributed by atoms with E-state index in [4.69, 9.17) is 5.73 Å². The molecule has 2 N–H and O–H groups in total. The van der Waals surface area contributed by atoms with Crippen molar-refractivity contribution in [3.05, 3.63) is 66.0 Å². The fourth-order valence-electron chi connectivity index (χ4n) is 2.27. The van der Waals surface area contributed by atoms with Crippen molar-refractivity contribution < 1.29 is 8.78 Å². The van der Waals surface area contributed by atoms with Crippen LogP contribution in [0.5, 0.6) is 0 Å². The summed E-state index contributed by atoms with van der Waals surface area (Å²) < 4.78 is 28.8. The maximum Gasteiger partial charge on any atom is 0.163 e. The SMILES string of the molecule is NC(Cn1cnc2ccccc21)c1cccc(F)c1F. The number of benzene rings is 2. The first kappa shape index (κ1) is 12.7. The highest BCUT2D eigenvalue weighted by Gasteiger charge is 2.15. The van der Waals surface area contributed by atoms with Gasteiger partial charge in [0, 0.05) is 12.1 Å². The van der Waals surface area contributed by atoms with Crippen molar-refractivity contribution in [2.24, 2.45) is 5.73 Å². The van der Waals surface area contributed by atoms with Crippen LogP contribution in [0.25, 0.3) is 11.0 Å². The quantitative estimate of drug-likeness (QED) is 0.797. The topological polar surface area (TPSA) is 43.8 Å². The Bertz CT molecular complexity index is 752. The van der Waals surface area contributed by atoms with Gasteiger partial charge in [0.15, 0.2) is 11.6 Å². The first-order valence-corrected chi connectivity index (χ1v) is 6.26. The van der Waals surface area contributed by atoms with Crippen LogP contribution < -0.4 is 5.73 Å². The van der Waals surface area contributed by atoms with Crippen LogP contribution in [-0.4, -0.2) is 9.55 Å². The predicted molar refractivity (Wildman–Crippen MR) is 73.0 cm³/mol. The van der Waals surface area contributed by atoms with Crippen molar-refractivity contribution in [2.45, 2.75) is 12.6 Å². The second-order valence-electron chi connectivity index (χ2n) is 4.64. The molecular weight excluding hydrogens is 260 g/mol. The molecule has 0 radical (unpaired) electrons. The highest BCUT2D eigenvalue weighted by molar-refractivity contribution is 5.74. The van der Waals surface area contributed by atoms with Crippen LogP contribution >= 0.6 is 0 Å². The second kappa shape index (κ2) is 5.02. The molecule has 3 aromatic rings. The molecule has 1 atom stereocenters. The van der Waals surface area contributed by atoms with Gasteiger partial charge in [-0.2, -0.15) is 0 Å². The Labute approximate surface area is 114 Å². The molecule has 3 rings (SSSR count). The van der Waals surface area contributed by atoms with E-state index in [1.807, 2.05) is 28.8 Å². The van der Waals surface area contributed by atoms with Gasteiger partial charge in [0.2, 0.25) is 0 Å². The Balaban J connectivity index is 1.92. The molecule has 0 amide bonds. The Hall–Kier alpha value is -2.27. The number of hydrogen-bond acceptors (Lipinski definition) is 2. The van der Waals surface area contributed by atoms with E-state index >= 15 is 0 Å². The van der Waals surface area contributed by atoms with Crippen LogP contribution in [0.4, 0.5) is 8.78 Å². The molecule has 1 aromatic heterocycles. The summed E-state index contributed by atoms with van der Waals surface area (Å²) in [5.41, 5.74) is 7.92. The molecule has 3 nitrogen and oxygen atoms in total. The molecule has 20 heavy (non-hydrogen) atoms. The summed E-state index contributed by atoms with van der Waals surface area (Å²) in [7, 11) is 0. The zero-order valence-corrected chi connectivity index (χ0v) is 10.6. The maximum absolute atomic E-state index is 13.7. The summed E-state index contributed by atoms with van der Waals surface area (Å²) in [5, 5.41) is 0. The molecule has 102 valence electrons. The van der Waals surface area contributed by atoms with E-state index in [-0.39, 0.29) is 5.56 Å². The average molecular weight is 273 g/mol. The van der Waals surface area contributed by atoms with Gasteiger partial charge in [-0.05, 0) is 18.2 Å². The summed E-state index contributed by atoms with van der Waals surface area (Å²) in [6.45, 7) is 0.334. The normalized spacial score (nSPS) is 12.8. The summed E-state index contributed by atoms with van der Waals surface area (Å²) in [6, 6.07) is 11.0. The van der Waals surface area contributed by atoms with Gasteiger partial charge in [0.1, 0.15) is 0 Å². The second-order valence-corrected chi connectivity index (χ2v) is 4.64. The van der Waals surface area contributed by atoms with Gasteiger partial charge in [-0.25, -0.2) is 13.8 Å². The lowest BCUT2D eigenvalue weighted by Gasteiger charge is -2.14. The number of halogens is 2. The van der Waals surface area contributed by atoms with Gasteiger partial charge >= 0.3 is 0 Å². The molecule has 0 fully saturated rings. The van der Waals surface area contributed by atoms with E-state index in [9.17, 15) is 8.78 Å². The highest BCUT2D eigenvalue weighted by atomic mass is 19.2. The van der Waals surface area contributed by atoms with Gasteiger partial charge in [-0.3, -0.25) is 0 Å². The van der Waals surface area contributed by atoms with Crippen molar-refractivity contribution >= 4 is 11.0 Å². The molecule has 0 bridgehead atoms. The number of imidazole rings is 1. The van der Waals surface area contributed by atoms with E-state index in [0.717, 1.165) is 17.1 Å². The van der Waals surface area contributed by atoms with Gasteiger partial charge in [-0.15, -0.1) is 0 Å².